The van der Waals surface area contributed by atoms with Crippen LogP contribution in [0.1, 0.15) is 71.6 Å². The summed E-state index contributed by atoms with van der Waals surface area (Å²) in [6, 6.07) is 0.621. The van der Waals surface area contributed by atoms with Crippen molar-refractivity contribution in [1.29, 1.82) is 0 Å². The second-order valence-corrected chi connectivity index (χ2v) is 6.82. The summed E-state index contributed by atoms with van der Waals surface area (Å²) >= 11 is 0. The Morgan fingerprint density at radius 3 is 2.35 bits per heavy atom. The maximum Gasteiger partial charge on any atom is 0.0365 e. The van der Waals surface area contributed by atoms with Crippen LogP contribution < -0.4 is 5.32 Å². The van der Waals surface area contributed by atoms with Crippen LogP contribution in [0.15, 0.2) is 12.2 Å². The lowest BCUT2D eigenvalue weighted by molar-refractivity contribution is 0.0763. The van der Waals surface area contributed by atoms with Crippen LogP contribution in [-0.2, 0) is 0 Å². The van der Waals surface area contributed by atoms with E-state index in [0.717, 1.165) is 13.0 Å². The van der Waals surface area contributed by atoms with E-state index in [0.29, 0.717) is 11.6 Å². The van der Waals surface area contributed by atoms with Crippen LogP contribution in [0.4, 0.5) is 0 Å². The summed E-state index contributed by atoms with van der Waals surface area (Å²) < 4.78 is 0. The van der Waals surface area contributed by atoms with E-state index in [-0.39, 0.29) is 0 Å². The molecular formula is C18H34N2. The van der Waals surface area contributed by atoms with Crippen LogP contribution in [0.5, 0.6) is 0 Å². The molecule has 2 heteroatoms. The van der Waals surface area contributed by atoms with E-state index in [1.54, 1.807) is 0 Å². The first-order valence-corrected chi connectivity index (χ1v) is 8.88. The molecule has 0 spiro atoms. The lowest BCUT2D eigenvalue weighted by atomic mass is 9.82. The van der Waals surface area contributed by atoms with Gasteiger partial charge in [0.15, 0.2) is 0 Å². The Bertz CT molecular complexity index is 299. The topological polar surface area (TPSA) is 15.3 Å². The molecule has 1 unspecified atom stereocenters. The highest BCUT2D eigenvalue weighted by molar-refractivity contribution is 5.10. The summed E-state index contributed by atoms with van der Waals surface area (Å²) in [6.07, 6.45) is 11.9. The summed E-state index contributed by atoms with van der Waals surface area (Å²) in [6.45, 7) is 12.6. The number of rotatable bonds is 8. The highest BCUT2D eigenvalue weighted by atomic mass is 15.2. The third kappa shape index (κ3) is 3.46. The summed E-state index contributed by atoms with van der Waals surface area (Å²) in [7, 11) is 0. The predicted molar refractivity (Wildman–Crippen MR) is 88.1 cm³/mol. The molecule has 1 saturated carbocycles. The van der Waals surface area contributed by atoms with Crippen LogP contribution in [0.2, 0.25) is 0 Å². The molecule has 1 aliphatic carbocycles. The molecule has 116 valence electrons. The maximum absolute atomic E-state index is 4.29. The van der Waals surface area contributed by atoms with Gasteiger partial charge in [-0.2, -0.15) is 0 Å². The molecule has 1 N–H and O–H groups in total. The minimum Gasteiger partial charge on any atom is -0.312 e. The Balaban J connectivity index is 2.14. The first-order chi connectivity index (χ1) is 9.73. The molecule has 0 aromatic carbocycles. The normalized spacial score (nSPS) is 24.1. The average Bonchev–Trinajstić information content (AvgIpc) is 3.13. The standard InChI is InChI=1S/C18H34N2/c1-4-12-19-17(15-16(3)5-2)18(10-6-7-11-18)20-13-8-9-14-20/h17,19H,3-15H2,1-2H3. The predicted octanol–water partition coefficient (Wildman–Crippen LogP) is 4.12. The molecular weight excluding hydrogens is 244 g/mol. The molecule has 0 aromatic heterocycles. The Labute approximate surface area is 126 Å². The Kier molecular flexibility index (Phi) is 6.10. The summed E-state index contributed by atoms with van der Waals surface area (Å²) in [5.41, 5.74) is 1.85. The van der Waals surface area contributed by atoms with Gasteiger partial charge in [0.25, 0.3) is 0 Å². The number of hydrogen-bond acceptors (Lipinski definition) is 2. The van der Waals surface area contributed by atoms with Crippen molar-refractivity contribution in [3.8, 4) is 0 Å². The quantitative estimate of drug-likeness (QED) is 0.672. The minimum atomic E-state index is 0.434. The fraction of sp³-hybridized carbons (Fsp3) is 0.889. The molecule has 2 aliphatic rings. The SMILES string of the molecule is C=C(CC)CC(NCCC)C1(N2CCCC2)CCCC1. The summed E-state index contributed by atoms with van der Waals surface area (Å²) in [5, 5.41) is 3.89. The first kappa shape index (κ1) is 16.0. The molecule has 2 nitrogen and oxygen atoms in total. The molecule has 0 aromatic rings. The van der Waals surface area contributed by atoms with Gasteiger partial charge in [-0.25, -0.2) is 0 Å². The molecule has 1 atom stereocenters. The van der Waals surface area contributed by atoms with E-state index in [9.17, 15) is 0 Å². The van der Waals surface area contributed by atoms with Gasteiger partial charge in [0.1, 0.15) is 0 Å². The van der Waals surface area contributed by atoms with Gasteiger partial charge >= 0.3 is 0 Å². The van der Waals surface area contributed by atoms with Crippen LogP contribution >= 0.6 is 0 Å². The monoisotopic (exact) mass is 278 g/mol. The third-order valence-electron chi connectivity index (χ3n) is 5.49. The minimum absolute atomic E-state index is 0.434. The van der Waals surface area contributed by atoms with Crippen molar-refractivity contribution in [2.75, 3.05) is 19.6 Å². The van der Waals surface area contributed by atoms with Crippen molar-refractivity contribution in [1.82, 2.24) is 10.2 Å². The number of nitrogens with zero attached hydrogens (tertiary/aromatic N) is 1. The molecule has 0 radical (unpaired) electrons. The van der Waals surface area contributed by atoms with Gasteiger partial charge in [0.05, 0.1) is 0 Å². The van der Waals surface area contributed by atoms with Crippen molar-refractivity contribution >= 4 is 0 Å². The highest BCUT2D eigenvalue weighted by Gasteiger charge is 2.46. The van der Waals surface area contributed by atoms with Gasteiger partial charge in [-0.1, -0.05) is 38.8 Å². The molecule has 0 bridgehead atoms. The van der Waals surface area contributed by atoms with Crippen molar-refractivity contribution in [2.24, 2.45) is 0 Å². The molecule has 2 fully saturated rings. The van der Waals surface area contributed by atoms with E-state index >= 15 is 0 Å². The van der Waals surface area contributed by atoms with E-state index < -0.39 is 0 Å². The van der Waals surface area contributed by atoms with E-state index in [1.807, 2.05) is 0 Å². The Hall–Kier alpha value is -0.340. The molecule has 1 saturated heterocycles. The van der Waals surface area contributed by atoms with Crippen LogP contribution in [0.25, 0.3) is 0 Å². The van der Waals surface area contributed by atoms with E-state index in [1.165, 1.54) is 70.0 Å². The average molecular weight is 278 g/mol. The fourth-order valence-electron chi connectivity index (χ4n) is 4.24. The lowest BCUT2D eigenvalue weighted by Gasteiger charge is -2.46. The number of nitrogens with one attached hydrogen (secondary N) is 1. The molecule has 1 heterocycles. The zero-order valence-electron chi connectivity index (χ0n) is 13.7. The number of hydrogen-bond donors (Lipinski definition) is 1. The van der Waals surface area contributed by atoms with Crippen molar-refractivity contribution < 1.29 is 0 Å². The fourth-order valence-corrected chi connectivity index (χ4v) is 4.24. The smallest absolute Gasteiger partial charge is 0.0365 e. The second-order valence-electron chi connectivity index (χ2n) is 6.82. The summed E-state index contributed by atoms with van der Waals surface area (Å²) in [5.74, 6) is 0. The van der Waals surface area contributed by atoms with Gasteiger partial charge in [-0.3, -0.25) is 4.90 Å². The van der Waals surface area contributed by atoms with Gasteiger partial charge in [-0.05, 0) is 64.6 Å². The molecule has 20 heavy (non-hydrogen) atoms. The van der Waals surface area contributed by atoms with Gasteiger partial charge in [-0.15, -0.1) is 0 Å². The zero-order valence-corrected chi connectivity index (χ0v) is 13.7. The van der Waals surface area contributed by atoms with Gasteiger partial charge in [0, 0.05) is 11.6 Å². The first-order valence-electron chi connectivity index (χ1n) is 8.88. The van der Waals surface area contributed by atoms with Gasteiger partial charge < -0.3 is 5.32 Å². The van der Waals surface area contributed by atoms with Crippen LogP contribution in [0.3, 0.4) is 0 Å². The Morgan fingerprint density at radius 2 is 1.80 bits per heavy atom. The highest BCUT2D eigenvalue weighted by Crippen LogP contribution is 2.41. The van der Waals surface area contributed by atoms with Gasteiger partial charge in [0.2, 0.25) is 0 Å². The van der Waals surface area contributed by atoms with E-state index in [4.69, 9.17) is 0 Å². The van der Waals surface area contributed by atoms with Crippen molar-refractivity contribution in [3.63, 3.8) is 0 Å². The largest absolute Gasteiger partial charge is 0.312 e. The number of likely N-dealkylation sites (tertiary alicyclic amines) is 1. The summed E-state index contributed by atoms with van der Waals surface area (Å²) in [4.78, 5) is 2.83. The third-order valence-corrected chi connectivity index (χ3v) is 5.49. The maximum atomic E-state index is 4.29. The van der Waals surface area contributed by atoms with Crippen LogP contribution in [-0.4, -0.2) is 36.1 Å². The Morgan fingerprint density at radius 1 is 1.15 bits per heavy atom. The second kappa shape index (κ2) is 7.61. The van der Waals surface area contributed by atoms with Crippen LogP contribution in [0, 0.1) is 0 Å². The van der Waals surface area contributed by atoms with E-state index in [2.05, 4.69) is 30.6 Å². The molecule has 0 amide bonds. The molecule has 2 rings (SSSR count). The van der Waals surface area contributed by atoms with Crippen molar-refractivity contribution in [2.45, 2.75) is 83.2 Å². The zero-order chi connectivity index (χ0) is 14.4. The lowest BCUT2D eigenvalue weighted by Crippen LogP contribution is -2.59. The molecule has 1 aliphatic heterocycles. The van der Waals surface area contributed by atoms with Crippen molar-refractivity contribution in [3.05, 3.63) is 12.2 Å².